The van der Waals surface area contributed by atoms with Crippen molar-refractivity contribution in [3.63, 3.8) is 0 Å². The predicted molar refractivity (Wildman–Crippen MR) is 82.5 cm³/mol. The second kappa shape index (κ2) is 7.64. The summed E-state index contributed by atoms with van der Waals surface area (Å²) in [6.07, 6.45) is 4.05. The first-order valence-electron chi connectivity index (χ1n) is 6.44. The second-order valence-electron chi connectivity index (χ2n) is 4.96. The molecule has 1 atom stereocenters. The minimum atomic E-state index is 0.489. The molecule has 1 aromatic rings. The Morgan fingerprint density at radius 1 is 1.39 bits per heavy atom. The molecule has 0 aromatic carbocycles. The standard InChI is InChI=1S/C14H25N3S/c1-11(2)16-9-13-8-14(6-7-15-13)17(4)12(3)10-18-5/h6-8,11-12,16H,9-10H2,1-5H3. The summed E-state index contributed by atoms with van der Waals surface area (Å²) in [7, 11) is 2.15. The highest BCUT2D eigenvalue weighted by molar-refractivity contribution is 7.98. The highest BCUT2D eigenvalue weighted by Crippen LogP contribution is 2.17. The van der Waals surface area contributed by atoms with Gasteiger partial charge in [0, 0.05) is 43.3 Å². The van der Waals surface area contributed by atoms with Crippen LogP contribution in [0.25, 0.3) is 0 Å². The Labute approximate surface area is 115 Å². The van der Waals surface area contributed by atoms with Gasteiger partial charge in [0.05, 0.1) is 5.69 Å². The topological polar surface area (TPSA) is 28.2 Å². The van der Waals surface area contributed by atoms with Crippen LogP contribution in [0, 0.1) is 0 Å². The van der Waals surface area contributed by atoms with Crippen molar-refractivity contribution in [3.05, 3.63) is 24.0 Å². The molecule has 0 radical (unpaired) electrons. The van der Waals surface area contributed by atoms with Crippen LogP contribution in [-0.4, -0.2) is 36.1 Å². The predicted octanol–water partition coefficient (Wildman–Crippen LogP) is 2.77. The van der Waals surface area contributed by atoms with E-state index in [9.17, 15) is 0 Å². The van der Waals surface area contributed by atoms with E-state index in [-0.39, 0.29) is 0 Å². The fourth-order valence-electron chi connectivity index (χ4n) is 1.70. The van der Waals surface area contributed by atoms with E-state index < -0.39 is 0 Å². The van der Waals surface area contributed by atoms with Gasteiger partial charge in [-0.15, -0.1) is 0 Å². The summed E-state index contributed by atoms with van der Waals surface area (Å²) in [6, 6.07) is 5.28. The first-order chi connectivity index (χ1) is 8.54. The number of pyridine rings is 1. The van der Waals surface area contributed by atoms with Crippen molar-refractivity contribution in [3.8, 4) is 0 Å². The van der Waals surface area contributed by atoms with Gasteiger partial charge in [0.2, 0.25) is 0 Å². The van der Waals surface area contributed by atoms with E-state index in [0.717, 1.165) is 18.0 Å². The number of thioether (sulfide) groups is 1. The lowest BCUT2D eigenvalue weighted by Crippen LogP contribution is -2.31. The van der Waals surface area contributed by atoms with Crippen LogP contribution >= 0.6 is 11.8 Å². The quantitative estimate of drug-likeness (QED) is 0.822. The molecule has 0 aliphatic rings. The SMILES string of the molecule is CSCC(C)N(C)c1ccnc(CNC(C)C)c1. The van der Waals surface area contributed by atoms with Crippen molar-refractivity contribution in [2.75, 3.05) is 24.0 Å². The molecule has 1 rings (SSSR count). The number of rotatable bonds is 7. The Morgan fingerprint density at radius 3 is 2.72 bits per heavy atom. The Morgan fingerprint density at radius 2 is 2.11 bits per heavy atom. The van der Waals surface area contributed by atoms with Gasteiger partial charge in [0.25, 0.3) is 0 Å². The van der Waals surface area contributed by atoms with Crippen LogP contribution in [0.1, 0.15) is 26.5 Å². The average Bonchev–Trinajstić information content (AvgIpc) is 2.36. The molecule has 0 spiro atoms. The number of aromatic nitrogens is 1. The third kappa shape index (κ3) is 4.86. The Hall–Kier alpha value is -0.740. The van der Waals surface area contributed by atoms with Crippen LogP contribution in [-0.2, 0) is 6.54 Å². The number of anilines is 1. The lowest BCUT2D eigenvalue weighted by Gasteiger charge is -2.26. The summed E-state index contributed by atoms with van der Waals surface area (Å²) in [5.74, 6) is 1.14. The van der Waals surface area contributed by atoms with Gasteiger partial charge < -0.3 is 10.2 Å². The Kier molecular flexibility index (Phi) is 6.50. The van der Waals surface area contributed by atoms with Gasteiger partial charge in [-0.25, -0.2) is 0 Å². The maximum Gasteiger partial charge on any atom is 0.0562 e. The molecule has 1 aromatic heterocycles. The minimum Gasteiger partial charge on any atom is -0.371 e. The number of hydrogen-bond acceptors (Lipinski definition) is 4. The van der Waals surface area contributed by atoms with Crippen molar-refractivity contribution in [1.29, 1.82) is 0 Å². The molecule has 3 nitrogen and oxygen atoms in total. The minimum absolute atomic E-state index is 0.489. The summed E-state index contributed by atoms with van der Waals surface area (Å²) >= 11 is 1.88. The molecule has 1 N–H and O–H groups in total. The van der Waals surface area contributed by atoms with E-state index >= 15 is 0 Å². The van der Waals surface area contributed by atoms with Crippen molar-refractivity contribution < 1.29 is 0 Å². The molecular formula is C14H25N3S. The van der Waals surface area contributed by atoms with Crippen molar-refractivity contribution >= 4 is 17.4 Å². The van der Waals surface area contributed by atoms with Crippen molar-refractivity contribution in [2.45, 2.75) is 39.4 Å². The first kappa shape index (κ1) is 15.3. The first-order valence-corrected chi connectivity index (χ1v) is 7.84. The molecule has 102 valence electrons. The van der Waals surface area contributed by atoms with Gasteiger partial charge in [-0.1, -0.05) is 13.8 Å². The fraction of sp³-hybridized carbons (Fsp3) is 0.643. The van der Waals surface area contributed by atoms with Crippen LogP contribution in [0.4, 0.5) is 5.69 Å². The lowest BCUT2D eigenvalue weighted by atomic mass is 10.2. The summed E-state index contributed by atoms with van der Waals surface area (Å²) < 4.78 is 0. The zero-order valence-corrected chi connectivity index (χ0v) is 12.9. The molecular weight excluding hydrogens is 242 g/mol. The lowest BCUT2D eigenvalue weighted by molar-refractivity contribution is 0.581. The molecule has 0 saturated heterocycles. The highest BCUT2D eigenvalue weighted by Gasteiger charge is 2.10. The molecule has 4 heteroatoms. The van der Waals surface area contributed by atoms with E-state index in [0.29, 0.717) is 12.1 Å². The second-order valence-corrected chi connectivity index (χ2v) is 5.87. The van der Waals surface area contributed by atoms with E-state index in [1.165, 1.54) is 5.69 Å². The van der Waals surface area contributed by atoms with Gasteiger partial charge in [-0.2, -0.15) is 11.8 Å². The molecule has 0 bridgehead atoms. The van der Waals surface area contributed by atoms with Gasteiger partial charge in [0.15, 0.2) is 0 Å². The molecule has 1 unspecified atom stereocenters. The van der Waals surface area contributed by atoms with Crippen molar-refractivity contribution in [1.82, 2.24) is 10.3 Å². The summed E-state index contributed by atoms with van der Waals surface area (Å²) in [5.41, 5.74) is 2.34. The molecule has 0 aliphatic carbocycles. The fourth-order valence-corrected chi connectivity index (χ4v) is 2.40. The molecule has 18 heavy (non-hydrogen) atoms. The number of nitrogens with one attached hydrogen (secondary N) is 1. The Bertz CT molecular complexity index is 355. The summed E-state index contributed by atoms with van der Waals surface area (Å²) in [6.45, 7) is 7.38. The number of nitrogens with zero attached hydrogens (tertiary/aromatic N) is 2. The Balaban J connectivity index is 2.68. The molecule has 1 heterocycles. The maximum atomic E-state index is 4.40. The zero-order valence-electron chi connectivity index (χ0n) is 12.1. The van der Waals surface area contributed by atoms with Crippen LogP contribution < -0.4 is 10.2 Å². The normalized spacial score (nSPS) is 12.8. The van der Waals surface area contributed by atoms with Gasteiger partial charge in [-0.3, -0.25) is 4.98 Å². The third-order valence-electron chi connectivity index (χ3n) is 2.97. The molecule has 0 aliphatic heterocycles. The smallest absolute Gasteiger partial charge is 0.0562 e. The van der Waals surface area contributed by atoms with Crippen LogP contribution in [0.3, 0.4) is 0 Å². The van der Waals surface area contributed by atoms with Crippen LogP contribution in [0.15, 0.2) is 18.3 Å². The molecule has 0 saturated carbocycles. The van der Waals surface area contributed by atoms with E-state index in [1.807, 2.05) is 18.0 Å². The average molecular weight is 267 g/mol. The van der Waals surface area contributed by atoms with E-state index in [4.69, 9.17) is 0 Å². The van der Waals surface area contributed by atoms with E-state index in [2.05, 4.69) is 61.4 Å². The van der Waals surface area contributed by atoms with Gasteiger partial charge in [0.1, 0.15) is 0 Å². The van der Waals surface area contributed by atoms with Gasteiger partial charge in [-0.05, 0) is 25.3 Å². The van der Waals surface area contributed by atoms with Crippen molar-refractivity contribution in [2.24, 2.45) is 0 Å². The third-order valence-corrected chi connectivity index (χ3v) is 3.78. The molecule has 0 fully saturated rings. The number of hydrogen-bond donors (Lipinski definition) is 1. The van der Waals surface area contributed by atoms with Crippen LogP contribution in [0.2, 0.25) is 0 Å². The largest absolute Gasteiger partial charge is 0.371 e. The monoisotopic (exact) mass is 267 g/mol. The maximum absolute atomic E-state index is 4.40. The van der Waals surface area contributed by atoms with E-state index in [1.54, 1.807) is 0 Å². The van der Waals surface area contributed by atoms with Crippen LogP contribution in [0.5, 0.6) is 0 Å². The zero-order chi connectivity index (χ0) is 13.5. The highest BCUT2D eigenvalue weighted by atomic mass is 32.2. The summed E-state index contributed by atoms with van der Waals surface area (Å²) in [4.78, 5) is 6.72. The summed E-state index contributed by atoms with van der Waals surface area (Å²) in [5, 5.41) is 3.40. The molecule has 0 amide bonds. The van der Waals surface area contributed by atoms with Gasteiger partial charge >= 0.3 is 0 Å².